The summed E-state index contributed by atoms with van der Waals surface area (Å²) in [5.74, 6) is 0.269. The Kier molecular flexibility index (Phi) is 3.63. The summed E-state index contributed by atoms with van der Waals surface area (Å²) in [5.41, 5.74) is -0.497. The number of hydrogen-bond acceptors (Lipinski definition) is 4. The minimum Gasteiger partial charge on any atom is -0.390 e. The summed E-state index contributed by atoms with van der Waals surface area (Å²) in [4.78, 5) is 0. The van der Waals surface area contributed by atoms with Gasteiger partial charge in [-0.25, -0.2) is 0 Å². The van der Waals surface area contributed by atoms with Crippen molar-refractivity contribution >= 4 is 0 Å². The topological polar surface area (TPSA) is 47.9 Å². The summed E-state index contributed by atoms with van der Waals surface area (Å²) in [6.07, 6.45) is 6.42. The first-order chi connectivity index (χ1) is 8.70. The van der Waals surface area contributed by atoms with Gasteiger partial charge in [0, 0.05) is 26.1 Å². The van der Waals surface area contributed by atoms with Crippen LogP contribution in [0.1, 0.15) is 44.9 Å². The van der Waals surface area contributed by atoms with Gasteiger partial charge in [0.1, 0.15) is 0 Å². The van der Waals surface area contributed by atoms with Crippen molar-refractivity contribution in [1.82, 2.24) is 0 Å². The van der Waals surface area contributed by atoms with Crippen LogP contribution in [0, 0.1) is 5.92 Å². The lowest BCUT2D eigenvalue weighted by molar-refractivity contribution is -0.205. The second kappa shape index (κ2) is 5.08. The van der Waals surface area contributed by atoms with Crippen LogP contribution in [-0.4, -0.2) is 42.9 Å². The third-order valence-corrected chi connectivity index (χ3v) is 4.77. The Hall–Kier alpha value is -0.160. The molecule has 3 fully saturated rings. The van der Waals surface area contributed by atoms with Gasteiger partial charge in [0.25, 0.3) is 0 Å². The molecule has 0 unspecified atom stereocenters. The Bertz CT molecular complexity index is 270. The molecule has 2 aliphatic heterocycles. The van der Waals surface area contributed by atoms with Gasteiger partial charge in [0.05, 0.1) is 18.8 Å². The Morgan fingerprint density at radius 1 is 0.889 bits per heavy atom. The van der Waals surface area contributed by atoms with Crippen molar-refractivity contribution in [2.45, 2.75) is 56.3 Å². The highest BCUT2D eigenvalue weighted by Gasteiger charge is 2.46. The molecular weight excluding hydrogens is 232 g/mol. The van der Waals surface area contributed by atoms with Crippen LogP contribution in [0.2, 0.25) is 0 Å². The third-order valence-electron chi connectivity index (χ3n) is 4.77. The summed E-state index contributed by atoms with van der Waals surface area (Å²) in [6, 6.07) is 0. The van der Waals surface area contributed by atoms with Crippen LogP contribution in [0.4, 0.5) is 0 Å². The van der Waals surface area contributed by atoms with Gasteiger partial charge in [-0.3, -0.25) is 0 Å². The third kappa shape index (κ3) is 2.72. The quantitative estimate of drug-likeness (QED) is 0.819. The average molecular weight is 256 g/mol. The van der Waals surface area contributed by atoms with Crippen molar-refractivity contribution in [3.63, 3.8) is 0 Å². The molecule has 4 nitrogen and oxygen atoms in total. The zero-order valence-corrected chi connectivity index (χ0v) is 11.0. The number of rotatable bonds is 2. The maximum atomic E-state index is 10.7. The lowest BCUT2D eigenvalue weighted by atomic mass is 9.75. The van der Waals surface area contributed by atoms with Crippen LogP contribution >= 0.6 is 0 Å². The van der Waals surface area contributed by atoms with Crippen molar-refractivity contribution < 1.29 is 19.3 Å². The molecule has 18 heavy (non-hydrogen) atoms. The smallest absolute Gasteiger partial charge is 0.168 e. The van der Waals surface area contributed by atoms with Crippen LogP contribution < -0.4 is 0 Å². The molecule has 1 spiro atoms. The zero-order chi connectivity index (χ0) is 12.5. The molecule has 3 rings (SSSR count). The van der Waals surface area contributed by atoms with Gasteiger partial charge in [-0.2, -0.15) is 0 Å². The highest BCUT2D eigenvalue weighted by atomic mass is 16.7. The minimum absolute atomic E-state index is 0.359. The van der Waals surface area contributed by atoms with Crippen molar-refractivity contribution in [1.29, 1.82) is 0 Å². The Morgan fingerprint density at radius 3 is 2.11 bits per heavy atom. The standard InChI is InChI=1S/C14H24O4/c15-13(11-12-1-7-16-8-2-12)3-5-14(6-4-13)17-9-10-18-14/h12,15H,1-11H2. The van der Waals surface area contributed by atoms with Crippen LogP contribution in [-0.2, 0) is 14.2 Å². The first kappa shape index (κ1) is 12.9. The molecule has 2 heterocycles. The maximum absolute atomic E-state index is 10.7. The molecule has 0 atom stereocenters. The second-order valence-electron chi connectivity index (χ2n) is 6.09. The fourth-order valence-corrected chi connectivity index (χ4v) is 3.57. The normalized spacial score (nSPS) is 31.8. The summed E-state index contributed by atoms with van der Waals surface area (Å²) in [6.45, 7) is 3.13. The van der Waals surface area contributed by atoms with Crippen molar-refractivity contribution in [3.05, 3.63) is 0 Å². The largest absolute Gasteiger partial charge is 0.390 e. The fraction of sp³-hybridized carbons (Fsp3) is 1.00. The number of ether oxygens (including phenoxy) is 3. The maximum Gasteiger partial charge on any atom is 0.168 e. The highest BCUT2D eigenvalue weighted by Crippen LogP contribution is 2.43. The van der Waals surface area contributed by atoms with Crippen LogP contribution in [0.15, 0.2) is 0 Å². The Balaban J connectivity index is 1.53. The monoisotopic (exact) mass is 256 g/mol. The lowest BCUT2D eigenvalue weighted by Gasteiger charge is -2.42. The van der Waals surface area contributed by atoms with Gasteiger partial charge in [-0.05, 0) is 38.0 Å². The molecule has 0 aromatic heterocycles. The average Bonchev–Trinajstić information content (AvgIpc) is 2.84. The molecule has 4 heteroatoms. The predicted octanol–water partition coefficient (Wildman–Crippen LogP) is 1.85. The molecule has 0 aromatic rings. The summed E-state index contributed by atoms with van der Waals surface area (Å²) in [7, 11) is 0. The van der Waals surface area contributed by atoms with E-state index in [4.69, 9.17) is 14.2 Å². The van der Waals surface area contributed by atoms with Gasteiger partial charge in [-0.1, -0.05) is 0 Å². The van der Waals surface area contributed by atoms with Gasteiger partial charge in [0.2, 0.25) is 0 Å². The van der Waals surface area contributed by atoms with Crippen LogP contribution in [0.25, 0.3) is 0 Å². The second-order valence-corrected chi connectivity index (χ2v) is 6.09. The summed E-state index contributed by atoms with van der Waals surface area (Å²) < 4.78 is 16.8. The van der Waals surface area contributed by atoms with Gasteiger partial charge < -0.3 is 19.3 Å². The molecule has 2 saturated heterocycles. The first-order valence-corrected chi connectivity index (χ1v) is 7.28. The van der Waals surface area contributed by atoms with E-state index in [0.29, 0.717) is 19.1 Å². The lowest BCUT2D eigenvalue weighted by Crippen LogP contribution is -2.44. The van der Waals surface area contributed by atoms with Gasteiger partial charge >= 0.3 is 0 Å². The van der Waals surface area contributed by atoms with E-state index in [-0.39, 0.29) is 5.79 Å². The van der Waals surface area contributed by atoms with E-state index in [9.17, 15) is 5.11 Å². The molecular formula is C14H24O4. The van der Waals surface area contributed by atoms with E-state index in [1.165, 1.54) is 0 Å². The summed E-state index contributed by atoms with van der Waals surface area (Å²) in [5, 5.41) is 10.7. The van der Waals surface area contributed by atoms with E-state index in [2.05, 4.69) is 0 Å². The van der Waals surface area contributed by atoms with E-state index in [0.717, 1.165) is 58.2 Å². The highest BCUT2D eigenvalue weighted by molar-refractivity contribution is 4.92. The molecule has 1 saturated carbocycles. The fourth-order valence-electron chi connectivity index (χ4n) is 3.57. The van der Waals surface area contributed by atoms with E-state index in [1.807, 2.05) is 0 Å². The predicted molar refractivity (Wildman–Crippen MR) is 66.2 cm³/mol. The minimum atomic E-state index is -0.497. The van der Waals surface area contributed by atoms with E-state index < -0.39 is 5.60 Å². The van der Waals surface area contributed by atoms with Gasteiger partial charge in [-0.15, -0.1) is 0 Å². The molecule has 0 amide bonds. The molecule has 0 bridgehead atoms. The Morgan fingerprint density at radius 2 is 1.50 bits per heavy atom. The first-order valence-electron chi connectivity index (χ1n) is 7.28. The Labute approximate surface area is 109 Å². The van der Waals surface area contributed by atoms with E-state index in [1.54, 1.807) is 0 Å². The number of hydrogen-bond donors (Lipinski definition) is 1. The molecule has 104 valence electrons. The SMILES string of the molecule is OC1(CC2CCOCC2)CCC2(CC1)OCCO2. The van der Waals surface area contributed by atoms with E-state index >= 15 is 0 Å². The van der Waals surface area contributed by atoms with Crippen molar-refractivity contribution in [2.24, 2.45) is 5.92 Å². The molecule has 0 aromatic carbocycles. The van der Waals surface area contributed by atoms with Crippen LogP contribution in [0.3, 0.4) is 0 Å². The molecule has 0 radical (unpaired) electrons. The molecule has 3 aliphatic rings. The zero-order valence-electron chi connectivity index (χ0n) is 11.0. The van der Waals surface area contributed by atoms with Crippen LogP contribution in [0.5, 0.6) is 0 Å². The number of aliphatic hydroxyl groups is 1. The molecule has 1 N–H and O–H groups in total. The van der Waals surface area contributed by atoms with Crippen molar-refractivity contribution in [3.8, 4) is 0 Å². The summed E-state index contributed by atoms with van der Waals surface area (Å²) >= 11 is 0. The molecule has 1 aliphatic carbocycles. The van der Waals surface area contributed by atoms with Crippen molar-refractivity contribution in [2.75, 3.05) is 26.4 Å². The van der Waals surface area contributed by atoms with Gasteiger partial charge in [0.15, 0.2) is 5.79 Å².